The second-order valence-corrected chi connectivity index (χ2v) is 7.85. The third-order valence-electron chi connectivity index (χ3n) is 3.15. The van der Waals surface area contributed by atoms with Crippen molar-refractivity contribution in [3.63, 3.8) is 0 Å². The second kappa shape index (κ2) is 7.02. The highest BCUT2D eigenvalue weighted by Crippen LogP contribution is 2.39. The highest BCUT2D eigenvalue weighted by molar-refractivity contribution is 7.92. The van der Waals surface area contributed by atoms with E-state index in [0.29, 0.717) is 23.0 Å². The average molecular weight is 467 g/mol. The van der Waals surface area contributed by atoms with E-state index in [1.807, 2.05) is 0 Å². The molecule has 0 aliphatic heterocycles. The summed E-state index contributed by atoms with van der Waals surface area (Å²) in [6.07, 6.45) is -9.53. The number of sulfonamides is 1. The van der Waals surface area contributed by atoms with Gasteiger partial charge in [-0.05, 0) is 12.1 Å². The first-order chi connectivity index (χ1) is 12.6. The van der Waals surface area contributed by atoms with Gasteiger partial charge in [-0.1, -0.05) is 23.2 Å². The predicted molar refractivity (Wildman–Crippen MR) is 86.7 cm³/mol. The van der Waals surface area contributed by atoms with Crippen LogP contribution in [-0.4, -0.2) is 30.8 Å². The van der Waals surface area contributed by atoms with Crippen molar-refractivity contribution in [1.82, 2.24) is 9.78 Å². The fourth-order valence-electron chi connectivity index (χ4n) is 2.16. The molecule has 0 aliphatic carbocycles. The third-order valence-corrected chi connectivity index (χ3v) is 4.80. The molecule has 0 spiro atoms. The van der Waals surface area contributed by atoms with Gasteiger partial charge in [-0.2, -0.15) is 27.8 Å². The zero-order chi connectivity index (χ0) is 21.7. The Balaban J connectivity index is 2.74. The number of aromatic nitrogens is 2. The zero-order valence-electron chi connectivity index (χ0n) is 13.3. The maximum Gasteiger partial charge on any atom is 0.498 e. The molecular formula is C13H6Cl2F6N4O2S. The number of anilines is 1. The van der Waals surface area contributed by atoms with E-state index in [0.717, 1.165) is 0 Å². The van der Waals surface area contributed by atoms with Crippen molar-refractivity contribution in [2.24, 2.45) is 0 Å². The maximum atomic E-state index is 13.2. The van der Waals surface area contributed by atoms with Crippen molar-refractivity contribution in [1.29, 1.82) is 5.26 Å². The number of nitrogens with zero attached hydrogens (tertiary/aromatic N) is 4. The second-order valence-electron chi connectivity index (χ2n) is 5.20. The number of hydrogen-bond donors (Lipinski definition) is 0. The quantitative estimate of drug-likeness (QED) is 0.497. The lowest BCUT2D eigenvalue weighted by atomic mass is 10.2. The molecule has 1 heterocycles. The van der Waals surface area contributed by atoms with E-state index in [2.05, 4.69) is 5.10 Å². The number of halogens is 8. The first-order valence-corrected chi connectivity index (χ1v) is 9.31. The number of hydrogen-bond acceptors (Lipinski definition) is 4. The van der Waals surface area contributed by atoms with Crippen molar-refractivity contribution in [2.45, 2.75) is 12.5 Å². The number of rotatable bonds is 3. The SMILES string of the molecule is CS(=O)(=O)N(c1cn(-c2c(Cl)cc(C(F)(F)F)cc2Cl)nc1C#N)C(F)(F)F. The first kappa shape index (κ1) is 22.1. The topological polar surface area (TPSA) is 79.0 Å². The van der Waals surface area contributed by atoms with Crippen molar-refractivity contribution in [3.05, 3.63) is 39.6 Å². The molecule has 0 aliphatic rings. The molecule has 0 saturated heterocycles. The monoisotopic (exact) mass is 466 g/mol. The Labute approximate surface area is 163 Å². The van der Waals surface area contributed by atoms with E-state index in [-0.39, 0.29) is 6.26 Å². The summed E-state index contributed by atoms with van der Waals surface area (Å²) >= 11 is 11.5. The van der Waals surface area contributed by atoms with Crippen LogP contribution in [0.1, 0.15) is 11.3 Å². The van der Waals surface area contributed by atoms with Gasteiger partial charge >= 0.3 is 12.5 Å². The van der Waals surface area contributed by atoms with Gasteiger partial charge in [0.15, 0.2) is 5.69 Å². The first-order valence-electron chi connectivity index (χ1n) is 6.71. The van der Waals surface area contributed by atoms with Crippen LogP contribution in [-0.2, 0) is 16.2 Å². The van der Waals surface area contributed by atoms with E-state index in [4.69, 9.17) is 28.5 Å². The molecule has 6 nitrogen and oxygen atoms in total. The van der Waals surface area contributed by atoms with Crippen LogP contribution < -0.4 is 4.31 Å². The zero-order valence-corrected chi connectivity index (χ0v) is 15.6. The summed E-state index contributed by atoms with van der Waals surface area (Å²) in [5.74, 6) is 0. The molecule has 0 radical (unpaired) electrons. The Hall–Kier alpha value is -2.17. The standard InChI is InChI=1S/C13H6Cl2F6N4O2S/c1-28(26,27)25(13(19,20)21)10-5-24(23-9(10)4-22)11-7(14)2-6(3-8(11)15)12(16,17)18/h2-3,5H,1H3. The smallest absolute Gasteiger partial charge is 0.234 e. The summed E-state index contributed by atoms with van der Waals surface area (Å²) in [5.41, 5.74) is -3.86. The van der Waals surface area contributed by atoms with E-state index >= 15 is 0 Å². The largest absolute Gasteiger partial charge is 0.498 e. The summed E-state index contributed by atoms with van der Waals surface area (Å²) in [6, 6.07) is 2.19. The normalized spacial score (nSPS) is 12.7. The Morgan fingerprint density at radius 3 is 2.00 bits per heavy atom. The predicted octanol–water partition coefficient (Wildman–Crippen LogP) is 4.36. The van der Waals surface area contributed by atoms with E-state index in [9.17, 15) is 34.8 Å². The number of alkyl halides is 6. The lowest BCUT2D eigenvalue weighted by molar-refractivity contribution is -0.137. The molecule has 1 aromatic carbocycles. The van der Waals surface area contributed by atoms with Crippen LogP contribution in [0, 0.1) is 11.3 Å². The van der Waals surface area contributed by atoms with Crippen LogP contribution in [0.15, 0.2) is 18.3 Å². The minimum Gasteiger partial charge on any atom is -0.234 e. The summed E-state index contributed by atoms with van der Waals surface area (Å²) in [7, 11) is -4.93. The number of benzene rings is 1. The minimum atomic E-state index is -5.44. The van der Waals surface area contributed by atoms with Gasteiger partial charge in [-0.3, -0.25) is 0 Å². The van der Waals surface area contributed by atoms with Crippen LogP contribution in [0.4, 0.5) is 32.0 Å². The van der Waals surface area contributed by atoms with E-state index in [1.54, 1.807) is 0 Å². The molecule has 0 saturated carbocycles. The van der Waals surface area contributed by atoms with E-state index < -0.39 is 59.5 Å². The lowest BCUT2D eigenvalue weighted by Gasteiger charge is -2.22. The van der Waals surface area contributed by atoms with Crippen molar-refractivity contribution < 1.29 is 34.8 Å². The van der Waals surface area contributed by atoms with Gasteiger partial charge in [0, 0.05) is 0 Å². The summed E-state index contributed by atoms with van der Waals surface area (Å²) < 4.78 is 101. The van der Waals surface area contributed by atoms with Crippen LogP contribution in [0.3, 0.4) is 0 Å². The lowest BCUT2D eigenvalue weighted by Crippen LogP contribution is -2.42. The highest BCUT2D eigenvalue weighted by Gasteiger charge is 2.46. The van der Waals surface area contributed by atoms with Crippen molar-refractivity contribution >= 4 is 38.9 Å². The fraction of sp³-hybridized carbons (Fsp3) is 0.231. The Morgan fingerprint density at radius 1 is 1.14 bits per heavy atom. The van der Waals surface area contributed by atoms with Gasteiger partial charge in [-0.15, -0.1) is 13.2 Å². The highest BCUT2D eigenvalue weighted by atomic mass is 35.5. The molecular weight excluding hydrogens is 461 g/mol. The number of nitriles is 1. The molecule has 1 aromatic heterocycles. The van der Waals surface area contributed by atoms with Gasteiger partial charge in [0.2, 0.25) is 10.0 Å². The van der Waals surface area contributed by atoms with Gasteiger partial charge < -0.3 is 0 Å². The molecule has 15 heteroatoms. The molecule has 0 fully saturated rings. The van der Waals surface area contributed by atoms with Gasteiger partial charge in [-0.25, -0.2) is 13.1 Å². The van der Waals surface area contributed by atoms with Crippen molar-refractivity contribution in [2.75, 3.05) is 10.6 Å². The molecule has 152 valence electrons. The summed E-state index contributed by atoms with van der Waals surface area (Å²) in [6.45, 7) is 0. The van der Waals surface area contributed by atoms with Crippen LogP contribution >= 0.6 is 23.2 Å². The Morgan fingerprint density at radius 2 is 1.64 bits per heavy atom. The van der Waals surface area contributed by atoms with Crippen LogP contribution in [0.5, 0.6) is 0 Å². The molecule has 0 N–H and O–H groups in total. The summed E-state index contributed by atoms with van der Waals surface area (Å²) in [5, 5.41) is 11.2. The molecule has 0 atom stereocenters. The van der Waals surface area contributed by atoms with Gasteiger partial charge in [0.25, 0.3) is 0 Å². The van der Waals surface area contributed by atoms with Gasteiger partial charge in [0.1, 0.15) is 17.4 Å². The molecule has 2 aromatic rings. The Bertz CT molecular complexity index is 1050. The minimum absolute atomic E-state index is 0.247. The molecule has 0 unspecified atom stereocenters. The van der Waals surface area contributed by atoms with Gasteiger partial charge in [0.05, 0.1) is 28.1 Å². The molecule has 28 heavy (non-hydrogen) atoms. The molecule has 0 amide bonds. The van der Waals surface area contributed by atoms with Crippen LogP contribution in [0.25, 0.3) is 5.69 Å². The van der Waals surface area contributed by atoms with E-state index in [1.165, 1.54) is 6.07 Å². The fourth-order valence-corrected chi connectivity index (χ4v) is 3.69. The molecule has 0 bridgehead atoms. The maximum absolute atomic E-state index is 13.2. The summed E-state index contributed by atoms with van der Waals surface area (Å²) in [4.78, 5) is 0. The van der Waals surface area contributed by atoms with Crippen LogP contribution in [0.2, 0.25) is 10.0 Å². The average Bonchev–Trinajstić information content (AvgIpc) is 2.85. The molecule has 2 rings (SSSR count). The Kier molecular flexibility index (Phi) is 5.54. The van der Waals surface area contributed by atoms with Crippen molar-refractivity contribution in [3.8, 4) is 11.8 Å². The third kappa shape index (κ3) is 4.29.